The first kappa shape index (κ1) is 21.7. The van der Waals surface area contributed by atoms with Crippen LogP contribution in [0.1, 0.15) is 18.9 Å². The fraction of sp³-hybridized carbons (Fsp3) is 0.529. The van der Waals surface area contributed by atoms with Crippen LogP contribution in [0, 0.1) is 6.92 Å². The lowest BCUT2D eigenvalue weighted by atomic mass is 10.2. The van der Waals surface area contributed by atoms with Crippen molar-refractivity contribution in [2.75, 3.05) is 44.6 Å². The molecule has 6 nitrogen and oxygen atoms in total. The number of carbonyl (C=O) groups is 2. The summed E-state index contributed by atoms with van der Waals surface area (Å²) in [7, 11) is 0. The number of ether oxygens (including phenoxy) is 1. The summed E-state index contributed by atoms with van der Waals surface area (Å²) in [5.41, 5.74) is 1.93. The zero-order chi connectivity index (χ0) is 17.5. The molecule has 0 aromatic heterocycles. The van der Waals surface area contributed by atoms with Crippen LogP contribution < -0.4 is 5.32 Å². The summed E-state index contributed by atoms with van der Waals surface area (Å²) in [6.45, 7) is 7.72. The molecule has 2 amide bonds. The number of carbonyl (C=O) groups excluding carboxylic acids is 2. The highest BCUT2D eigenvalue weighted by Crippen LogP contribution is 2.20. The standard InChI is InChI=1S/C17H24BrN3O3.ClH/c1-3-24-17(23)21-10-8-20(9-11-21)7-6-16(22)19-14-5-4-13(2)15(18)12-14;/h4-5,12H,3,6-11H2,1-2H3,(H,19,22);1H. The fourth-order valence-corrected chi connectivity index (χ4v) is 2.90. The number of halogens is 2. The van der Waals surface area contributed by atoms with Crippen LogP contribution in [0.25, 0.3) is 0 Å². The van der Waals surface area contributed by atoms with Gasteiger partial charge in [-0.05, 0) is 31.5 Å². The Morgan fingerprint density at radius 1 is 1.24 bits per heavy atom. The quantitative estimate of drug-likeness (QED) is 0.772. The predicted molar refractivity (Wildman–Crippen MR) is 104 cm³/mol. The van der Waals surface area contributed by atoms with Crippen LogP contribution in [0.15, 0.2) is 22.7 Å². The Hall–Kier alpha value is -1.31. The van der Waals surface area contributed by atoms with Crippen LogP contribution in [0.2, 0.25) is 0 Å². The first-order valence-electron chi connectivity index (χ1n) is 8.19. The topological polar surface area (TPSA) is 61.9 Å². The van der Waals surface area contributed by atoms with E-state index in [4.69, 9.17) is 4.74 Å². The van der Waals surface area contributed by atoms with Crippen molar-refractivity contribution < 1.29 is 14.3 Å². The number of nitrogens with zero attached hydrogens (tertiary/aromatic N) is 2. The summed E-state index contributed by atoms with van der Waals surface area (Å²) in [5, 5.41) is 2.91. The van der Waals surface area contributed by atoms with Gasteiger partial charge in [0.25, 0.3) is 0 Å². The molecule has 25 heavy (non-hydrogen) atoms. The number of amides is 2. The second-order valence-corrected chi connectivity index (χ2v) is 6.64. The van der Waals surface area contributed by atoms with Crippen molar-refractivity contribution in [1.82, 2.24) is 9.80 Å². The Kier molecular flexibility index (Phi) is 9.24. The molecule has 1 aromatic carbocycles. The highest BCUT2D eigenvalue weighted by molar-refractivity contribution is 9.10. The average Bonchev–Trinajstić information content (AvgIpc) is 2.57. The molecule has 1 aliphatic rings. The van der Waals surface area contributed by atoms with Gasteiger partial charge in [0.1, 0.15) is 0 Å². The molecule has 2 rings (SSSR count). The molecule has 0 bridgehead atoms. The van der Waals surface area contributed by atoms with Crippen LogP contribution in [0.4, 0.5) is 10.5 Å². The summed E-state index contributed by atoms with van der Waals surface area (Å²) in [6, 6.07) is 5.77. The van der Waals surface area contributed by atoms with Gasteiger partial charge in [-0.2, -0.15) is 0 Å². The lowest BCUT2D eigenvalue weighted by Gasteiger charge is -2.33. The van der Waals surface area contributed by atoms with E-state index in [2.05, 4.69) is 26.1 Å². The number of rotatable bonds is 5. The molecule has 0 aliphatic carbocycles. The van der Waals surface area contributed by atoms with Crippen molar-refractivity contribution in [1.29, 1.82) is 0 Å². The molecule has 1 aliphatic heterocycles. The largest absolute Gasteiger partial charge is 0.450 e. The second-order valence-electron chi connectivity index (χ2n) is 5.79. The summed E-state index contributed by atoms with van der Waals surface area (Å²) in [4.78, 5) is 27.6. The van der Waals surface area contributed by atoms with E-state index in [1.165, 1.54) is 0 Å². The van der Waals surface area contributed by atoms with Crippen LogP contribution >= 0.6 is 28.3 Å². The fourth-order valence-electron chi connectivity index (χ4n) is 2.52. The van der Waals surface area contributed by atoms with Crippen molar-refractivity contribution in [2.45, 2.75) is 20.3 Å². The van der Waals surface area contributed by atoms with Gasteiger partial charge in [0.05, 0.1) is 6.61 Å². The first-order valence-corrected chi connectivity index (χ1v) is 8.99. The van der Waals surface area contributed by atoms with Gasteiger partial charge in [-0.3, -0.25) is 9.69 Å². The maximum absolute atomic E-state index is 12.1. The van der Waals surface area contributed by atoms with E-state index >= 15 is 0 Å². The van der Waals surface area contributed by atoms with E-state index in [9.17, 15) is 9.59 Å². The molecule has 0 atom stereocenters. The van der Waals surface area contributed by atoms with Crippen LogP contribution in [-0.4, -0.2) is 61.1 Å². The molecular formula is C17H25BrClN3O3. The molecule has 0 spiro atoms. The van der Waals surface area contributed by atoms with Crippen LogP contribution in [-0.2, 0) is 9.53 Å². The highest BCUT2D eigenvalue weighted by Gasteiger charge is 2.22. The summed E-state index contributed by atoms with van der Waals surface area (Å²) < 4.78 is 5.98. The molecule has 0 radical (unpaired) electrons. The molecule has 1 heterocycles. The SMILES string of the molecule is CCOC(=O)N1CCN(CCC(=O)Nc2ccc(C)c(Br)c2)CC1.Cl. The van der Waals surface area contributed by atoms with Crippen LogP contribution in [0.3, 0.4) is 0 Å². The monoisotopic (exact) mass is 433 g/mol. The zero-order valence-electron chi connectivity index (χ0n) is 14.6. The van der Waals surface area contributed by atoms with Gasteiger partial charge >= 0.3 is 6.09 Å². The lowest BCUT2D eigenvalue weighted by Crippen LogP contribution is -2.49. The van der Waals surface area contributed by atoms with Crippen molar-refractivity contribution >= 4 is 46.0 Å². The van der Waals surface area contributed by atoms with Gasteiger partial charge in [0, 0.05) is 49.3 Å². The van der Waals surface area contributed by atoms with Crippen molar-refractivity contribution in [2.24, 2.45) is 0 Å². The summed E-state index contributed by atoms with van der Waals surface area (Å²) in [5.74, 6) is -0.00132. The number of hydrogen-bond acceptors (Lipinski definition) is 4. The number of benzene rings is 1. The van der Waals surface area contributed by atoms with E-state index in [0.29, 0.717) is 32.7 Å². The van der Waals surface area contributed by atoms with E-state index in [0.717, 1.165) is 28.8 Å². The van der Waals surface area contributed by atoms with Gasteiger partial charge < -0.3 is 15.0 Å². The van der Waals surface area contributed by atoms with E-state index in [-0.39, 0.29) is 24.4 Å². The van der Waals surface area contributed by atoms with E-state index < -0.39 is 0 Å². The molecule has 1 saturated heterocycles. The minimum Gasteiger partial charge on any atom is -0.450 e. The maximum atomic E-state index is 12.1. The Labute approximate surface area is 163 Å². The first-order chi connectivity index (χ1) is 11.5. The summed E-state index contributed by atoms with van der Waals surface area (Å²) >= 11 is 3.46. The van der Waals surface area contributed by atoms with E-state index in [1.54, 1.807) is 11.8 Å². The van der Waals surface area contributed by atoms with Gasteiger partial charge in [-0.25, -0.2) is 4.79 Å². The predicted octanol–water partition coefficient (Wildman–Crippen LogP) is 3.28. The number of piperazine rings is 1. The smallest absolute Gasteiger partial charge is 0.409 e. The molecule has 0 unspecified atom stereocenters. The van der Waals surface area contributed by atoms with Gasteiger partial charge in [0.2, 0.25) is 5.91 Å². The highest BCUT2D eigenvalue weighted by atomic mass is 79.9. The zero-order valence-corrected chi connectivity index (χ0v) is 17.0. The number of hydrogen-bond donors (Lipinski definition) is 1. The molecule has 1 N–H and O–H groups in total. The van der Waals surface area contributed by atoms with Gasteiger partial charge in [-0.15, -0.1) is 12.4 Å². The third kappa shape index (κ3) is 6.84. The molecule has 1 fully saturated rings. The van der Waals surface area contributed by atoms with Gasteiger partial charge in [0.15, 0.2) is 0 Å². The average molecular weight is 435 g/mol. The number of anilines is 1. The number of aryl methyl sites for hydroxylation is 1. The van der Waals surface area contributed by atoms with Crippen molar-refractivity contribution in [3.05, 3.63) is 28.2 Å². The Bertz CT molecular complexity index is 593. The van der Waals surface area contributed by atoms with Crippen LogP contribution in [0.5, 0.6) is 0 Å². The third-order valence-corrected chi connectivity index (χ3v) is 4.86. The maximum Gasteiger partial charge on any atom is 0.409 e. The number of nitrogens with one attached hydrogen (secondary N) is 1. The molecular weight excluding hydrogens is 410 g/mol. The van der Waals surface area contributed by atoms with Crippen molar-refractivity contribution in [3.8, 4) is 0 Å². The third-order valence-electron chi connectivity index (χ3n) is 4.01. The minimum atomic E-state index is -0.250. The molecule has 140 valence electrons. The molecule has 0 saturated carbocycles. The molecule has 1 aromatic rings. The Morgan fingerprint density at radius 2 is 1.92 bits per heavy atom. The van der Waals surface area contributed by atoms with E-state index in [1.807, 2.05) is 25.1 Å². The lowest BCUT2D eigenvalue weighted by molar-refractivity contribution is -0.116. The normalized spacial score (nSPS) is 14.6. The molecule has 8 heteroatoms. The summed E-state index contributed by atoms with van der Waals surface area (Å²) in [6.07, 6.45) is 0.185. The van der Waals surface area contributed by atoms with Crippen molar-refractivity contribution in [3.63, 3.8) is 0 Å². The Balaban J connectivity index is 0.00000312. The second kappa shape index (κ2) is 10.6. The Morgan fingerprint density at radius 3 is 2.52 bits per heavy atom. The van der Waals surface area contributed by atoms with Gasteiger partial charge in [-0.1, -0.05) is 22.0 Å². The minimum absolute atomic E-state index is 0.